The van der Waals surface area contributed by atoms with E-state index in [9.17, 15) is 8.42 Å². The molecule has 0 spiro atoms. The topological polar surface area (TPSA) is 62.6 Å². The number of rotatable bonds is 7. The molecule has 1 N–H and O–H groups in total. The highest BCUT2D eigenvalue weighted by atomic mass is 32.2. The van der Waals surface area contributed by atoms with Gasteiger partial charge in [-0.1, -0.05) is 13.0 Å². The third-order valence-electron chi connectivity index (χ3n) is 2.24. The summed E-state index contributed by atoms with van der Waals surface area (Å²) in [7, 11) is -2.05. The van der Waals surface area contributed by atoms with Crippen LogP contribution in [0.15, 0.2) is 34.3 Å². The third-order valence-corrected chi connectivity index (χ3v) is 3.93. The van der Waals surface area contributed by atoms with Crippen molar-refractivity contribution in [3.05, 3.63) is 30.5 Å². The predicted molar refractivity (Wildman–Crippen MR) is 66.1 cm³/mol. The Morgan fingerprint density at radius 2 is 2.24 bits per heavy atom. The molecule has 17 heavy (non-hydrogen) atoms. The Balaban J connectivity index is 2.84. The number of furan rings is 1. The summed E-state index contributed by atoms with van der Waals surface area (Å²) in [6.45, 7) is 7.06. The quantitative estimate of drug-likeness (QED) is 0.746. The van der Waals surface area contributed by atoms with Crippen LogP contribution in [-0.2, 0) is 16.6 Å². The van der Waals surface area contributed by atoms with Gasteiger partial charge in [0, 0.05) is 13.6 Å². The molecule has 5 nitrogen and oxygen atoms in total. The van der Waals surface area contributed by atoms with E-state index in [0.29, 0.717) is 12.3 Å². The number of sulfonamides is 1. The highest BCUT2D eigenvalue weighted by Crippen LogP contribution is 2.17. The minimum Gasteiger partial charge on any atom is -0.447 e. The van der Waals surface area contributed by atoms with Gasteiger partial charge in [0.2, 0.25) is 5.09 Å². The first-order chi connectivity index (χ1) is 8.02. The van der Waals surface area contributed by atoms with Crippen molar-refractivity contribution in [1.82, 2.24) is 9.62 Å². The lowest BCUT2D eigenvalue weighted by Gasteiger charge is -2.12. The number of hydrogen-bond acceptors (Lipinski definition) is 4. The van der Waals surface area contributed by atoms with E-state index in [0.717, 1.165) is 6.54 Å². The summed E-state index contributed by atoms with van der Waals surface area (Å²) in [5.41, 5.74) is 0. The van der Waals surface area contributed by atoms with Gasteiger partial charge in [0.25, 0.3) is 10.0 Å². The van der Waals surface area contributed by atoms with E-state index in [1.807, 2.05) is 6.92 Å². The van der Waals surface area contributed by atoms with Gasteiger partial charge in [-0.05, 0) is 18.7 Å². The zero-order valence-corrected chi connectivity index (χ0v) is 11.0. The van der Waals surface area contributed by atoms with Gasteiger partial charge in [0.05, 0.1) is 6.54 Å². The smallest absolute Gasteiger partial charge is 0.276 e. The van der Waals surface area contributed by atoms with Crippen LogP contribution in [0, 0.1) is 0 Å². The molecule has 0 fully saturated rings. The fourth-order valence-electron chi connectivity index (χ4n) is 1.27. The summed E-state index contributed by atoms with van der Waals surface area (Å²) in [5.74, 6) is 0.609. The number of hydrogen-bond donors (Lipinski definition) is 1. The molecule has 0 unspecified atom stereocenters. The SMILES string of the molecule is C=CCN(C)S(=O)(=O)c1ccc(CNCC)o1. The maximum absolute atomic E-state index is 12.0. The van der Waals surface area contributed by atoms with Crippen molar-refractivity contribution >= 4 is 10.0 Å². The molecule has 0 aromatic carbocycles. The van der Waals surface area contributed by atoms with E-state index in [4.69, 9.17) is 4.42 Å². The van der Waals surface area contributed by atoms with Crippen LogP contribution in [0.4, 0.5) is 0 Å². The standard InChI is InChI=1S/C11H18N2O3S/c1-4-8-13(3)17(14,15)11-7-6-10(16-11)9-12-5-2/h4,6-7,12H,1,5,8-9H2,2-3H3. The van der Waals surface area contributed by atoms with Gasteiger partial charge < -0.3 is 9.73 Å². The fourth-order valence-corrected chi connectivity index (χ4v) is 2.33. The molecule has 0 aliphatic heterocycles. The summed E-state index contributed by atoms with van der Waals surface area (Å²) in [4.78, 5) is 0. The van der Waals surface area contributed by atoms with Gasteiger partial charge in [0.15, 0.2) is 0 Å². The fraction of sp³-hybridized carbons (Fsp3) is 0.455. The van der Waals surface area contributed by atoms with Crippen LogP contribution in [0.2, 0.25) is 0 Å². The van der Waals surface area contributed by atoms with Crippen molar-refractivity contribution in [2.24, 2.45) is 0 Å². The molecule has 1 aromatic heterocycles. The zero-order chi connectivity index (χ0) is 12.9. The van der Waals surface area contributed by atoms with Crippen LogP contribution in [-0.4, -0.2) is 32.9 Å². The summed E-state index contributed by atoms with van der Waals surface area (Å²) in [5, 5.41) is 3.03. The van der Waals surface area contributed by atoms with E-state index in [-0.39, 0.29) is 11.6 Å². The van der Waals surface area contributed by atoms with E-state index >= 15 is 0 Å². The molecule has 1 rings (SSSR count). The first-order valence-electron chi connectivity index (χ1n) is 5.39. The summed E-state index contributed by atoms with van der Waals surface area (Å²) >= 11 is 0. The van der Waals surface area contributed by atoms with Gasteiger partial charge in [-0.25, -0.2) is 8.42 Å². The maximum atomic E-state index is 12.0. The molecule has 0 amide bonds. The Morgan fingerprint density at radius 1 is 1.53 bits per heavy atom. The van der Waals surface area contributed by atoms with Crippen LogP contribution in [0.1, 0.15) is 12.7 Å². The van der Waals surface area contributed by atoms with Crippen LogP contribution < -0.4 is 5.32 Å². The number of nitrogens with zero attached hydrogens (tertiary/aromatic N) is 1. The first kappa shape index (κ1) is 14.0. The second-order valence-electron chi connectivity index (χ2n) is 3.58. The van der Waals surface area contributed by atoms with Crippen LogP contribution in [0.3, 0.4) is 0 Å². The average Bonchev–Trinajstić information content (AvgIpc) is 2.75. The van der Waals surface area contributed by atoms with Crippen molar-refractivity contribution in [3.8, 4) is 0 Å². The molecular formula is C11H18N2O3S. The van der Waals surface area contributed by atoms with Crippen LogP contribution in [0.25, 0.3) is 0 Å². The van der Waals surface area contributed by atoms with E-state index in [2.05, 4.69) is 11.9 Å². The normalized spacial score (nSPS) is 11.9. The highest BCUT2D eigenvalue weighted by Gasteiger charge is 2.23. The molecule has 0 aliphatic rings. The van der Waals surface area contributed by atoms with Gasteiger partial charge in [0.1, 0.15) is 5.76 Å². The molecule has 0 atom stereocenters. The second kappa shape index (κ2) is 6.00. The summed E-state index contributed by atoms with van der Waals surface area (Å²) in [6, 6.07) is 3.14. The number of likely N-dealkylation sites (N-methyl/N-ethyl adjacent to an activating group) is 1. The van der Waals surface area contributed by atoms with Crippen molar-refractivity contribution in [2.75, 3.05) is 20.1 Å². The summed E-state index contributed by atoms with van der Waals surface area (Å²) in [6.07, 6.45) is 1.53. The maximum Gasteiger partial charge on any atom is 0.276 e. The average molecular weight is 258 g/mol. The molecular weight excluding hydrogens is 240 g/mol. The Hall–Kier alpha value is -1.11. The van der Waals surface area contributed by atoms with E-state index in [1.54, 1.807) is 6.07 Å². The molecule has 0 aliphatic carbocycles. The lowest BCUT2D eigenvalue weighted by molar-refractivity contribution is 0.387. The van der Waals surface area contributed by atoms with Crippen molar-refractivity contribution < 1.29 is 12.8 Å². The minimum atomic E-state index is -3.54. The van der Waals surface area contributed by atoms with Gasteiger partial charge in [-0.2, -0.15) is 4.31 Å². The third kappa shape index (κ3) is 3.42. The molecule has 0 saturated heterocycles. The highest BCUT2D eigenvalue weighted by molar-refractivity contribution is 7.89. The van der Waals surface area contributed by atoms with Crippen molar-refractivity contribution in [2.45, 2.75) is 18.6 Å². The first-order valence-corrected chi connectivity index (χ1v) is 6.83. The molecule has 6 heteroatoms. The van der Waals surface area contributed by atoms with Crippen LogP contribution in [0.5, 0.6) is 0 Å². The molecule has 1 heterocycles. The molecule has 0 saturated carbocycles. The lowest BCUT2D eigenvalue weighted by Crippen LogP contribution is -2.26. The summed E-state index contributed by atoms with van der Waals surface area (Å²) < 4.78 is 30.4. The van der Waals surface area contributed by atoms with Gasteiger partial charge >= 0.3 is 0 Å². The van der Waals surface area contributed by atoms with Crippen molar-refractivity contribution in [1.29, 1.82) is 0 Å². The van der Waals surface area contributed by atoms with Gasteiger partial charge in [-0.15, -0.1) is 6.58 Å². The Morgan fingerprint density at radius 3 is 2.82 bits per heavy atom. The van der Waals surface area contributed by atoms with E-state index in [1.165, 1.54) is 23.5 Å². The molecule has 0 bridgehead atoms. The van der Waals surface area contributed by atoms with Crippen LogP contribution >= 0.6 is 0 Å². The zero-order valence-electron chi connectivity index (χ0n) is 10.1. The second-order valence-corrected chi connectivity index (χ2v) is 5.55. The Kier molecular flexibility index (Phi) is 4.92. The Bertz CT molecular complexity index is 465. The lowest BCUT2D eigenvalue weighted by atomic mass is 10.4. The predicted octanol–water partition coefficient (Wildman–Crippen LogP) is 1.20. The molecule has 0 radical (unpaired) electrons. The molecule has 96 valence electrons. The van der Waals surface area contributed by atoms with Crippen molar-refractivity contribution in [3.63, 3.8) is 0 Å². The molecule has 1 aromatic rings. The minimum absolute atomic E-state index is 0.0326. The Labute approximate surface area is 102 Å². The van der Waals surface area contributed by atoms with Gasteiger partial charge in [-0.3, -0.25) is 0 Å². The number of nitrogens with one attached hydrogen (secondary N) is 1. The monoisotopic (exact) mass is 258 g/mol. The largest absolute Gasteiger partial charge is 0.447 e. The van der Waals surface area contributed by atoms with E-state index < -0.39 is 10.0 Å².